The minimum absolute atomic E-state index is 0.241. The molecule has 29 heavy (non-hydrogen) atoms. The maximum absolute atomic E-state index is 11.6. The van der Waals surface area contributed by atoms with Gasteiger partial charge < -0.3 is 9.47 Å². The average molecular weight is 430 g/mol. The second-order valence-corrected chi connectivity index (χ2v) is 9.06. The number of halogens is 1. The molecule has 0 bridgehead atoms. The first-order valence-electron chi connectivity index (χ1n) is 9.02. The highest BCUT2D eigenvalue weighted by Gasteiger charge is 2.29. The molecule has 0 saturated carbocycles. The van der Waals surface area contributed by atoms with Crippen LogP contribution in [0.2, 0.25) is 5.02 Å². The molecule has 1 aliphatic heterocycles. The Morgan fingerprint density at radius 1 is 1.10 bits per heavy atom. The quantitative estimate of drug-likeness (QED) is 0.651. The van der Waals surface area contributed by atoms with Crippen molar-refractivity contribution in [1.82, 2.24) is 0 Å². The smallest absolute Gasteiger partial charge is 0.213 e. The SMILES string of the molecule is COCc1cccc2c1-c1ccc(CS(N)(=O)=O)cc1C(c1cccc(Cl)c1)O2. The van der Waals surface area contributed by atoms with E-state index in [9.17, 15) is 8.42 Å². The standard InChI is InChI=1S/C22H20ClNO4S/c1-27-12-16-5-3-7-20-21(16)18-9-8-14(13-29(24,25)26)10-19(18)22(28-20)15-4-2-6-17(23)11-15/h2-11,22H,12-13H2,1H3,(H2,24,25,26). The number of hydrogen-bond donors (Lipinski definition) is 1. The summed E-state index contributed by atoms with van der Waals surface area (Å²) in [7, 11) is -2.00. The second kappa shape index (κ2) is 7.80. The molecule has 0 radical (unpaired) electrons. The summed E-state index contributed by atoms with van der Waals surface area (Å²) in [5.41, 5.74) is 5.27. The predicted molar refractivity (Wildman–Crippen MR) is 113 cm³/mol. The minimum Gasteiger partial charge on any atom is -0.480 e. The molecule has 1 heterocycles. The second-order valence-electron chi connectivity index (χ2n) is 7.00. The van der Waals surface area contributed by atoms with Crippen LogP contribution in [0.4, 0.5) is 0 Å². The van der Waals surface area contributed by atoms with Crippen molar-refractivity contribution >= 4 is 21.6 Å². The normalized spacial score (nSPS) is 15.3. The Hall–Kier alpha value is -2.38. The molecule has 5 nitrogen and oxygen atoms in total. The van der Waals surface area contributed by atoms with E-state index in [1.165, 1.54) is 0 Å². The summed E-state index contributed by atoms with van der Waals surface area (Å²) in [6.45, 7) is 0.437. The number of fused-ring (bicyclic) bond motifs is 3. The Bertz CT molecular complexity index is 1180. The van der Waals surface area contributed by atoms with Gasteiger partial charge in [0.05, 0.1) is 12.4 Å². The van der Waals surface area contributed by atoms with E-state index < -0.39 is 16.1 Å². The largest absolute Gasteiger partial charge is 0.480 e. The van der Waals surface area contributed by atoms with Crippen molar-refractivity contribution in [2.75, 3.05) is 7.11 Å². The van der Waals surface area contributed by atoms with Crippen molar-refractivity contribution in [2.45, 2.75) is 18.5 Å². The van der Waals surface area contributed by atoms with Crippen LogP contribution in [0.25, 0.3) is 11.1 Å². The molecule has 1 unspecified atom stereocenters. The third-order valence-electron chi connectivity index (χ3n) is 4.84. The van der Waals surface area contributed by atoms with Gasteiger partial charge in [-0.3, -0.25) is 0 Å². The molecule has 3 aromatic rings. The number of primary sulfonamides is 1. The molecule has 0 aromatic heterocycles. The average Bonchev–Trinajstić information content (AvgIpc) is 2.66. The highest BCUT2D eigenvalue weighted by atomic mass is 35.5. The zero-order chi connectivity index (χ0) is 20.6. The molecular formula is C22H20ClNO4S. The van der Waals surface area contributed by atoms with Crippen LogP contribution in [0, 0.1) is 0 Å². The van der Waals surface area contributed by atoms with Crippen molar-refractivity contribution < 1.29 is 17.9 Å². The van der Waals surface area contributed by atoms with Crippen LogP contribution in [0.5, 0.6) is 5.75 Å². The van der Waals surface area contributed by atoms with E-state index in [1.807, 2.05) is 48.5 Å². The highest BCUT2D eigenvalue weighted by Crippen LogP contribution is 2.47. The lowest BCUT2D eigenvalue weighted by Crippen LogP contribution is -2.18. The lowest BCUT2D eigenvalue weighted by Gasteiger charge is -2.31. The van der Waals surface area contributed by atoms with Crippen molar-refractivity contribution in [2.24, 2.45) is 5.14 Å². The van der Waals surface area contributed by atoms with Crippen LogP contribution < -0.4 is 9.88 Å². The molecule has 0 aliphatic carbocycles. The minimum atomic E-state index is -3.65. The maximum atomic E-state index is 11.6. The van der Waals surface area contributed by atoms with E-state index in [-0.39, 0.29) is 5.75 Å². The molecule has 0 amide bonds. The fraction of sp³-hybridized carbons (Fsp3) is 0.182. The van der Waals surface area contributed by atoms with Gasteiger partial charge in [-0.1, -0.05) is 54.1 Å². The van der Waals surface area contributed by atoms with Gasteiger partial charge >= 0.3 is 0 Å². The molecule has 4 rings (SSSR count). The number of methoxy groups -OCH3 is 1. The molecule has 0 fully saturated rings. The van der Waals surface area contributed by atoms with E-state index in [0.29, 0.717) is 17.2 Å². The topological polar surface area (TPSA) is 78.6 Å². The van der Waals surface area contributed by atoms with Gasteiger partial charge in [-0.15, -0.1) is 0 Å². The van der Waals surface area contributed by atoms with Gasteiger partial charge in [-0.25, -0.2) is 13.6 Å². The summed E-state index contributed by atoms with van der Waals surface area (Å²) in [5.74, 6) is 0.506. The fourth-order valence-corrected chi connectivity index (χ4v) is 4.59. The molecule has 7 heteroatoms. The van der Waals surface area contributed by atoms with E-state index >= 15 is 0 Å². The van der Waals surface area contributed by atoms with Gasteiger partial charge in [0.2, 0.25) is 10.0 Å². The van der Waals surface area contributed by atoms with Crippen LogP contribution in [-0.2, 0) is 27.1 Å². The summed E-state index contributed by atoms with van der Waals surface area (Å²) in [4.78, 5) is 0. The van der Waals surface area contributed by atoms with Gasteiger partial charge in [-0.2, -0.15) is 0 Å². The Morgan fingerprint density at radius 3 is 2.62 bits per heavy atom. The number of hydrogen-bond acceptors (Lipinski definition) is 4. The van der Waals surface area contributed by atoms with Crippen LogP contribution in [0.3, 0.4) is 0 Å². The molecule has 1 atom stereocenters. The molecule has 0 spiro atoms. The first kappa shape index (κ1) is 19.9. The summed E-state index contributed by atoms with van der Waals surface area (Å²) in [6.07, 6.45) is -0.422. The van der Waals surface area contributed by atoms with Crippen LogP contribution >= 0.6 is 11.6 Å². The van der Waals surface area contributed by atoms with Crippen molar-refractivity contribution in [3.63, 3.8) is 0 Å². The van der Waals surface area contributed by atoms with Crippen molar-refractivity contribution in [3.05, 3.63) is 87.9 Å². The van der Waals surface area contributed by atoms with Crippen LogP contribution in [-0.4, -0.2) is 15.5 Å². The molecule has 2 N–H and O–H groups in total. The summed E-state index contributed by atoms with van der Waals surface area (Å²) in [6, 6.07) is 18.9. The maximum Gasteiger partial charge on any atom is 0.213 e. The van der Waals surface area contributed by atoms with Gasteiger partial charge in [0.1, 0.15) is 11.9 Å². The van der Waals surface area contributed by atoms with Crippen LogP contribution in [0.15, 0.2) is 60.7 Å². The molecule has 3 aromatic carbocycles. The number of benzene rings is 3. The summed E-state index contributed by atoms with van der Waals surface area (Å²) < 4.78 is 35.0. The molecular weight excluding hydrogens is 410 g/mol. The van der Waals surface area contributed by atoms with Crippen LogP contribution in [0.1, 0.15) is 28.4 Å². The lowest BCUT2D eigenvalue weighted by atomic mass is 9.86. The fourth-order valence-electron chi connectivity index (χ4n) is 3.74. The molecule has 0 saturated heterocycles. The van der Waals surface area contributed by atoms with E-state index in [4.69, 9.17) is 26.2 Å². The first-order valence-corrected chi connectivity index (χ1v) is 11.1. The van der Waals surface area contributed by atoms with E-state index in [1.54, 1.807) is 19.2 Å². The summed E-state index contributed by atoms with van der Waals surface area (Å²) >= 11 is 6.21. The third kappa shape index (κ3) is 4.16. The third-order valence-corrected chi connectivity index (χ3v) is 5.82. The zero-order valence-electron chi connectivity index (χ0n) is 15.8. The Balaban J connectivity index is 1.92. The van der Waals surface area contributed by atoms with Gasteiger partial charge in [0, 0.05) is 23.3 Å². The Morgan fingerprint density at radius 2 is 1.90 bits per heavy atom. The monoisotopic (exact) mass is 429 g/mol. The zero-order valence-corrected chi connectivity index (χ0v) is 17.3. The van der Waals surface area contributed by atoms with Gasteiger partial charge in [0.25, 0.3) is 0 Å². The van der Waals surface area contributed by atoms with E-state index in [0.717, 1.165) is 33.6 Å². The Kier molecular flexibility index (Phi) is 5.36. The predicted octanol–water partition coefficient (Wildman–Crippen LogP) is 4.42. The van der Waals surface area contributed by atoms with E-state index in [2.05, 4.69) is 0 Å². The number of ether oxygens (including phenoxy) is 2. The summed E-state index contributed by atoms with van der Waals surface area (Å²) in [5, 5.41) is 5.86. The lowest BCUT2D eigenvalue weighted by molar-refractivity contribution is 0.184. The van der Waals surface area contributed by atoms with Gasteiger partial charge in [0.15, 0.2) is 0 Å². The van der Waals surface area contributed by atoms with Crippen molar-refractivity contribution in [3.8, 4) is 16.9 Å². The Labute approximate surface area is 175 Å². The first-order chi connectivity index (χ1) is 13.9. The number of sulfonamides is 1. The number of rotatable bonds is 5. The number of nitrogens with two attached hydrogens (primary N) is 1. The van der Waals surface area contributed by atoms with Crippen molar-refractivity contribution in [1.29, 1.82) is 0 Å². The van der Waals surface area contributed by atoms with Gasteiger partial charge in [-0.05, 0) is 40.5 Å². The molecule has 1 aliphatic rings. The highest BCUT2D eigenvalue weighted by molar-refractivity contribution is 7.88. The molecule has 150 valence electrons.